The van der Waals surface area contributed by atoms with E-state index >= 15 is 0 Å². The highest BCUT2D eigenvalue weighted by atomic mass is 127. The smallest absolute Gasteiger partial charge is 0.253 e. The Morgan fingerprint density at radius 2 is 1.89 bits per heavy atom. The standard InChI is InChI=1S/C15H19ClINO/c1-18(12-6-4-2-3-5-7-12)15(19)11-8-9-14(17)13(16)10-11/h8-10,12H,2-7H2,1H3. The monoisotopic (exact) mass is 391 g/mol. The number of rotatable bonds is 2. The number of carbonyl (C=O) groups excluding carboxylic acids is 1. The van der Waals surface area contributed by atoms with Gasteiger partial charge in [-0.2, -0.15) is 0 Å². The summed E-state index contributed by atoms with van der Waals surface area (Å²) >= 11 is 8.27. The summed E-state index contributed by atoms with van der Waals surface area (Å²) in [7, 11) is 1.92. The van der Waals surface area contributed by atoms with Crippen molar-refractivity contribution in [3.8, 4) is 0 Å². The molecule has 104 valence electrons. The summed E-state index contributed by atoms with van der Waals surface area (Å²) in [6, 6.07) is 5.92. The van der Waals surface area contributed by atoms with Crippen molar-refractivity contribution in [1.82, 2.24) is 4.90 Å². The third kappa shape index (κ3) is 3.85. The second-order valence-corrected chi connectivity index (χ2v) is 6.76. The summed E-state index contributed by atoms with van der Waals surface area (Å²) in [6.45, 7) is 0. The lowest BCUT2D eigenvalue weighted by atomic mass is 10.1. The lowest BCUT2D eigenvalue weighted by molar-refractivity contribution is 0.0717. The minimum absolute atomic E-state index is 0.0881. The molecule has 1 aliphatic carbocycles. The van der Waals surface area contributed by atoms with E-state index in [4.69, 9.17) is 11.6 Å². The predicted molar refractivity (Wildman–Crippen MR) is 87.8 cm³/mol. The molecule has 0 bridgehead atoms. The molecule has 1 fully saturated rings. The van der Waals surface area contributed by atoms with Crippen LogP contribution in [0.5, 0.6) is 0 Å². The molecule has 0 heterocycles. The maximum Gasteiger partial charge on any atom is 0.253 e. The number of benzene rings is 1. The van der Waals surface area contributed by atoms with Crippen LogP contribution >= 0.6 is 34.2 Å². The molecule has 19 heavy (non-hydrogen) atoms. The first-order chi connectivity index (χ1) is 9.09. The Kier molecular flexibility index (Phi) is 5.51. The van der Waals surface area contributed by atoms with Gasteiger partial charge in [0.25, 0.3) is 5.91 Å². The number of hydrogen-bond acceptors (Lipinski definition) is 1. The molecule has 2 rings (SSSR count). The van der Waals surface area contributed by atoms with Crippen LogP contribution in [0.15, 0.2) is 18.2 Å². The molecule has 0 unspecified atom stereocenters. The summed E-state index contributed by atoms with van der Waals surface area (Å²) in [4.78, 5) is 14.4. The molecule has 0 spiro atoms. The minimum atomic E-state index is 0.0881. The number of halogens is 2. The molecule has 1 amide bonds. The largest absolute Gasteiger partial charge is 0.339 e. The van der Waals surface area contributed by atoms with Crippen molar-refractivity contribution in [2.75, 3.05) is 7.05 Å². The van der Waals surface area contributed by atoms with Gasteiger partial charge in [0.15, 0.2) is 0 Å². The third-order valence-electron chi connectivity index (χ3n) is 3.86. The van der Waals surface area contributed by atoms with Crippen molar-refractivity contribution in [2.24, 2.45) is 0 Å². The zero-order valence-electron chi connectivity index (χ0n) is 11.2. The third-order valence-corrected chi connectivity index (χ3v) is 5.43. The number of nitrogens with zero attached hydrogens (tertiary/aromatic N) is 1. The highest BCUT2D eigenvalue weighted by Crippen LogP contribution is 2.24. The SMILES string of the molecule is CN(C(=O)c1ccc(I)c(Cl)c1)C1CCCCCC1. The van der Waals surface area contributed by atoms with E-state index in [2.05, 4.69) is 22.6 Å². The Morgan fingerprint density at radius 1 is 1.26 bits per heavy atom. The first kappa shape index (κ1) is 15.1. The summed E-state index contributed by atoms with van der Waals surface area (Å²) in [5, 5.41) is 0.653. The molecular formula is C15H19ClINO. The van der Waals surface area contributed by atoms with E-state index in [0.717, 1.165) is 16.4 Å². The van der Waals surface area contributed by atoms with Crippen LogP contribution < -0.4 is 0 Å². The van der Waals surface area contributed by atoms with Crippen molar-refractivity contribution in [3.05, 3.63) is 32.4 Å². The van der Waals surface area contributed by atoms with Gasteiger partial charge >= 0.3 is 0 Å². The summed E-state index contributed by atoms with van der Waals surface area (Å²) in [6.07, 6.45) is 7.31. The van der Waals surface area contributed by atoms with Crippen molar-refractivity contribution >= 4 is 40.1 Å². The first-order valence-corrected chi connectivity index (χ1v) is 8.27. The molecule has 1 aromatic carbocycles. The topological polar surface area (TPSA) is 20.3 Å². The lowest BCUT2D eigenvalue weighted by Crippen LogP contribution is -2.36. The minimum Gasteiger partial charge on any atom is -0.339 e. The van der Waals surface area contributed by atoms with E-state index in [9.17, 15) is 4.79 Å². The first-order valence-electron chi connectivity index (χ1n) is 6.82. The van der Waals surface area contributed by atoms with Crippen LogP contribution in [0.3, 0.4) is 0 Å². The van der Waals surface area contributed by atoms with Gasteiger partial charge in [-0.25, -0.2) is 0 Å². The second kappa shape index (κ2) is 6.93. The van der Waals surface area contributed by atoms with Crippen LogP contribution in [0, 0.1) is 3.57 Å². The molecule has 1 aliphatic rings. The molecule has 0 aliphatic heterocycles. The fourth-order valence-electron chi connectivity index (χ4n) is 2.64. The molecule has 1 saturated carbocycles. The van der Waals surface area contributed by atoms with Crippen molar-refractivity contribution in [1.29, 1.82) is 0 Å². The number of amides is 1. The van der Waals surface area contributed by atoms with E-state index < -0.39 is 0 Å². The summed E-state index contributed by atoms with van der Waals surface area (Å²) < 4.78 is 0.980. The molecule has 0 N–H and O–H groups in total. The van der Waals surface area contributed by atoms with Crippen LogP contribution in [0.1, 0.15) is 48.9 Å². The maximum absolute atomic E-state index is 12.5. The fraction of sp³-hybridized carbons (Fsp3) is 0.533. The van der Waals surface area contributed by atoms with Gasteiger partial charge < -0.3 is 4.90 Å². The molecule has 4 heteroatoms. The molecule has 2 nitrogen and oxygen atoms in total. The van der Waals surface area contributed by atoms with Gasteiger partial charge in [0.05, 0.1) is 5.02 Å². The van der Waals surface area contributed by atoms with Crippen LogP contribution in [0.4, 0.5) is 0 Å². The molecule has 1 aromatic rings. The van der Waals surface area contributed by atoms with E-state index in [1.807, 2.05) is 24.1 Å². The number of carbonyl (C=O) groups is 1. The second-order valence-electron chi connectivity index (χ2n) is 5.19. The van der Waals surface area contributed by atoms with Crippen molar-refractivity contribution in [2.45, 2.75) is 44.6 Å². The molecule has 0 atom stereocenters. The van der Waals surface area contributed by atoms with Gasteiger partial charge in [0, 0.05) is 22.2 Å². The zero-order valence-corrected chi connectivity index (χ0v) is 14.1. The predicted octanol–water partition coefficient (Wildman–Crippen LogP) is 4.74. The van der Waals surface area contributed by atoms with Gasteiger partial charge in [-0.05, 0) is 53.6 Å². The normalized spacial score (nSPS) is 17.0. The lowest BCUT2D eigenvalue weighted by Gasteiger charge is -2.27. The molecule has 0 aromatic heterocycles. The van der Waals surface area contributed by atoms with Gasteiger partial charge in [-0.1, -0.05) is 37.3 Å². The zero-order chi connectivity index (χ0) is 13.8. The van der Waals surface area contributed by atoms with Gasteiger partial charge in [0.2, 0.25) is 0 Å². The highest BCUT2D eigenvalue weighted by molar-refractivity contribution is 14.1. The Balaban J connectivity index is 2.10. The van der Waals surface area contributed by atoms with Gasteiger partial charge in [0.1, 0.15) is 0 Å². The maximum atomic E-state index is 12.5. The van der Waals surface area contributed by atoms with E-state index in [-0.39, 0.29) is 5.91 Å². The van der Waals surface area contributed by atoms with E-state index in [0.29, 0.717) is 16.6 Å². The summed E-state index contributed by atoms with van der Waals surface area (Å²) in [5.74, 6) is 0.0881. The fourth-order valence-corrected chi connectivity index (χ4v) is 3.16. The van der Waals surface area contributed by atoms with Gasteiger partial charge in [-0.15, -0.1) is 0 Å². The van der Waals surface area contributed by atoms with Crippen LogP contribution in [0.25, 0.3) is 0 Å². The van der Waals surface area contributed by atoms with Crippen molar-refractivity contribution < 1.29 is 4.79 Å². The van der Waals surface area contributed by atoms with Crippen LogP contribution in [-0.4, -0.2) is 23.9 Å². The molecule has 0 saturated heterocycles. The highest BCUT2D eigenvalue weighted by Gasteiger charge is 2.22. The average Bonchev–Trinajstić information content (AvgIpc) is 2.69. The van der Waals surface area contributed by atoms with Crippen molar-refractivity contribution in [3.63, 3.8) is 0 Å². The molecular weight excluding hydrogens is 373 g/mol. The Labute approximate surface area is 133 Å². The van der Waals surface area contributed by atoms with Crippen LogP contribution in [-0.2, 0) is 0 Å². The van der Waals surface area contributed by atoms with E-state index in [1.165, 1.54) is 25.7 Å². The average molecular weight is 392 g/mol. The van der Waals surface area contributed by atoms with Crippen LogP contribution in [0.2, 0.25) is 5.02 Å². The summed E-state index contributed by atoms with van der Waals surface area (Å²) in [5.41, 5.74) is 0.692. The molecule has 0 radical (unpaired) electrons. The Bertz CT molecular complexity index is 455. The Hall–Kier alpha value is -0.290. The quantitative estimate of drug-likeness (QED) is 0.527. The Morgan fingerprint density at radius 3 is 2.47 bits per heavy atom. The van der Waals surface area contributed by atoms with Gasteiger partial charge in [-0.3, -0.25) is 4.79 Å². The number of hydrogen-bond donors (Lipinski definition) is 0. The van der Waals surface area contributed by atoms with E-state index in [1.54, 1.807) is 6.07 Å².